The molecule has 3 rings (SSSR count). The second-order valence-electron chi connectivity index (χ2n) is 7.02. The van der Waals surface area contributed by atoms with Gasteiger partial charge in [0.15, 0.2) is 23.8 Å². The van der Waals surface area contributed by atoms with Crippen molar-refractivity contribution in [3.63, 3.8) is 0 Å². The molecule has 1 N–H and O–H groups in total. The number of benzene rings is 1. The number of nitrogens with zero attached hydrogens (tertiary/aromatic N) is 2. The summed E-state index contributed by atoms with van der Waals surface area (Å²) in [6, 6.07) is 7.57. The van der Waals surface area contributed by atoms with Gasteiger partial charge in [0.2, 0.25) is 0 Å². The van der Waals surface area contributed by atoms with Gasteiger partial charge in [-0.25, -0.2) is 4.79 Å². The molecule has 3 aromatic rings. The Labute approximate surface area is 184 Å². The van der Waals surface area contributed by atoms with Crippen LogP contribution in [0.4, 0.5) is 13.2 Å². The van der Waals surface area contributed by atoms with Gasteiger partial charge in [0.05, 0.1) is 12.1 Å². The molecule has 0 aliphatic rings. The van der Waals surface area contributed by atoms with Gasteiger partial charge >= 0.3 is 12.1 Å². The molecular weight excluding hydrogens is 453 g/mol. The summed E-state index contributed by atoms with van der Waals surface area (Å²) in [6.45, 7) is -0.458. The average Bonchev–Trinajstić information content (AvgIpc) is 2.99. The lowest BCUT2D eigenvalue weighted by molar-refractivity contribution is -0.153. The minimum atomic E-state index is -4.75. The molecule has 7 nitrogen and oxygen atoms in total. The first kappa shape index (κ1) is 23.4. The Bertz CT molecular complexity index is 1280. The van der Waals surface area contributed by atoms with E-state index in [9.17, 15) is 32.7 Å². The Morgan fingerprint density at radius 3 is 2.47 bits per heavy atom. The van der Waals surface area contributed by atoms with Crippen molar-refractivity contribution in [3.8, 4) is 5.75 Å². The van der Waals surface area contributed by atoms with Crippen molar-refractivity contribution in [1.82, 2.24) is 9.13 Å². The molecule has 0 aliphatic carbocycles. The van der Waals surface area contributed by atoms with E-state index in [4.69, 9.17) is 16.3 Å². The zero-order valence-electron chi connectivity index (χ0n) is 17.0. The van der Waals surface area contributed by atoms with Gasteiger partial charge in [0.25, 0.3) is 5.56 Å². The van der Waals surface area contributed by atoms with Crippen molar-refractivity contribution in [2.75, 3.05) is 6.61 Å². The van der Waals surface area contributed by atoms with Crippen molar-refractivity contribution < 1.29 is 32.6 Å². The summed E-state index contributed by atoms with van der Waals surface area (Å²) in [7, 11) is 1.31. The number of alkyl halides is 3. The van der Waals surface area contributed by atoms with E-state index in [0.29, 0.717) is 17.1 Å². The number of rotatable bonds is 7. The molecule has 0 fully saturated rings. The lowest BCUT2D eigenvalue weighted by atomic mass is 10.1. The number of halogens is 4. The predicted octanol–water partition coefficient (Wildman–Crippen LogP) is 4.08. The third-order valence-electron chi connectivity index (χ3n) is 4.90. The number of ketones is 1. The fourth-order valence-electron chi connectivity index (χ4n) is 3.45. The van der Waals surface area contributed by atoms with Gasteiger partial charge in [-0.2, -0.15) is 13.2 Å². The smallest absolute Gasteiger partial charge is 0.422 e. The van der Waals surface area contributed by atoms with Gasteiger partial charge in [0.1, 0.15) is 5.39 Å². The molecular formula is C21H18ClF3N2O5. The van der Waals surface area contributed by atoms with Crippen LogP contribution < -0.4 is 10.3 Å². The third-order valence-corrected chi connectivity index (χ3v) is 5.13. The molecule has 0 saturated heterocycles. The van der Waals surface area contributed by atoms with Crippen molar-refractivity contribution >= 4 is 34.3 Å². The van der Waals surface area contributed by atoms with Crippen LogP contribution >= 0.6 is 11.6 Å². The summed E-state index contributed by atoms with van der Waals surface area (Å²) >= 11 is 5.91. The molecule has 0 aliphatic heterocycles. The molecule has 1 aromatic carbocycles. The highest BCUT2D eigenvalue weighted by atomic mass is 35.5. The highest BCUT2D eigenvalue weighted by Crippen LogP contribution is 2.32. The molecule has 170 valence electrons. The van der Waals surface area contributed by atoms with E-state index in [1.165, 1.54) is 25.2 Å². The number of aromatic carboxylic acids is 1. The van der Waals surface area contributed by atoms with Crippen LogP contribution in [0, 0.1) is 0 Å². The number of hydrogen-bond acceptors (Lipinski definition) is 4. The first-order valence-corrected chi connectivity index (χ1v) is 9.79. The van der Waals surface area contributed by atoms with Gasteiger partial charge in [-0.1, -0.05) is 30.7 Å². The highest BCUT2D eigenvalue weighted by molar-refractivity contribution is 6.31. The summed E-state index contributed by atoms with van der Waals surface area (Å²) < 4.78 is 45.2. The van der Waals surface area contributed by atoms with Crippen molar-refractivity contribution in [1.29, 1.82) is 0 Å². The van der Waals surface area contributed by atoms with Crippen molar-refractivity contribution in [2.24, 2.45) is 7.05 Å². The van der Waals surface area contributed by atoms with Crippen LogP contribution in [0.5, 0.6) is 5.75 Å². The van der Waals surface area contributed by atoms with Crippen LogP contribution in [0.15, 0.2) is 35.1 Å². The molecule has 0 bridgehead atoms. The average molecular weight is 471 g/mol. The lowest BCUT2D eigenvalue weighted by Crippen LogP contribution is -2.28. The summed E-state index contributed by atoms with van der Waals surface area (Å²) in [5.74, 6) is -2.69. The second kappa shape index (κ2) is 8.70. The maximum absolute atomic E-state index is 13.3. The fraction of sp³-hybridized carbons (Fsp3) is 0.286. The van der Waals surface area contributed by atoms with E-state index in [1.54, 1.807) is 19.1 Å². The summed E-state index contributed by atoms with van der Waals surface area (Å²) in [5, 5.41) is 9.51. The monoisotopic (exact) mass is 470 g/mol. The van der Waals surface area contributed by atoms with Gasteiger partial charge in [0, 0.05) is 23.3 Å². The molecule has 0 unspecified atom stereocenters. The van der Waals surface area contributed by atoms with E-state index in [0.717, 1.165) is 9.13 Å². The molecule has 2 heterocycles. The van der Waals surface area contributed by atoms with Crippen LogP contribution in [0.3, 0.4) is 0 Å². The van der Waals surface area contributed by atoms with Crippen molar-refractivity contribution in [3.05, 3.63) is 62.7 Å². The van der Waals surface area contributed by atoms with Crippen LogP contribution in [-0.4, -0.2) is 38.8 Å². The fourth-order valence-corrected chi connectivity index (χ4v) is 3.64. The maximum atomic E-state index is 13.3. The van der Waals surface area contributed by atoms with E-state index in [1.807, 2.05) is 0 Å². The van der Waals surface area contributed by atoms with Crippen LogP contribution in [-0.2, 0) is 20.0 Å². The SMILES string of the molecule is CCc1cc2c(c(OCC(F)(F)F)c(C(=O)O)n2C)c(=O)n1CC(=O)c1cccc(Cl)c1. The summed E-state index contributed by atoms with van der Waals surface area (Å²) in [4.78, 5) is 37.8. The largest absolute Gasteiger partial charge is 0.481 e. The molecule has 11 heteroatoms. The summed E-state index contributed by atoms with van der Waals surface area (Å²) in [6.07, 6.45) is -4.44. The third kappa shape index (κ3) is 4.50. The number of carbonyl (C=O) groups is 2. The molecule has 0 saturated carbocycles. The Hall–Kier alpha value is -3.27. The number of pyridine rings is 1. The summed E-state index contributed by atoms with van der Waals surface area (Å²) in [5.41, 5.74) is -0.678. The Morgan fingerprint density at radius 2 is 1.91 bits per heavy atom. The van der Waals surface area contributed by atoms with Gasteiger partial charge in [-0.05, 0) is 24.6 Å². The normalized spacial score (nSPS) is 11.7. The Morgan fingerprint density at radius 1 is 1.22 bits per heavy atom. The zero-order valence-corrected chi connectivity index (χ0v) is 17.8. The lowest BCUT2D eigenvalue weighted by Gasteiger charge is -2.13. The first-order valence-electron chi connectivity index (χ1n) is 9.41. The van der Waals surface area contributed by atoms with E-state index < -0.39 is 48.1 Å². The number of ether oxygens (including phenoxy) is 1. The molecule has 32 heavy (non-hydrogen) atoms. The zero-order chi connectivity index (χ0) is 23.8. The van der Waals surface area contributed by atoms with E-state index in [2.05, 4.69) is 0 Å². The second-order valence-corrected chi connectivity index (χ2v) is 7.46. The van der Waals surface area contributed by atoms with Crippen LogP contribution in [0.2, 0.25) is 5.02 Å². The molecule has 0 spiro atoms. The minimum Gasteiger partial charge on any atom is -0.481 e. The van der Waals surface area contributed by atoms with Crippen LogP contribution in [0.25, 0.3) is 10.9 Å². The quantitative estimate of drug-likeness (QED) is 0.525. The maximum Gasteiger partial charge on any atom is 0.422 e. The number of Topliss-reactive ketones (excluding diaryl/α,β-unsaturated/α-hetero) is 1. The molecule has 0 amide bonds. The van der Waals surface area contributed by atoms with Crippen LogP contribution in [0.1, 0.15) is 33.5 Å². The topological polar surface area (TPSA) is 90.5 Å². The Balaban J connectivity index is 2.21. The van der Waals surface area contributed by atoms with Gasteiger partial charge < -0.3 is 19.0 Å². The Kier molecular flexibility index (Phi) is 6.36. The minimum absolute atomic E-state index is 0.0906. The molecule has 0 atom stereocenters. The number of carbonyl (C=O) groups excluding carboxylic acids is 1. The predicted molar refractivity (Wildman–Crippen MR) is 111 cm³/mol. The van der Waals surface area contributed by atoms with E-state index in [-0.39, 0.29) is 16.5 Å². The van der Waals surface area contributed by atoms with Gasteiger partial charge in [-0.3, -0.25) is 9.59 Å². The number of aromatic nitrogens is 2. The highest BCUT2D eigenvalue weighted by Gasteiger charge is 2.32. The number of fused-ring (bicyclic) bond motifs is 1. The number of hydrogen-bond donors (Lipinski definition) is 1. The van der Waals surface area contributed by atoms with E-state index >= 15 is 0 Å². The number of carboxylic acids is 1. The first-order chi connectivity index (χ1) is 14.9. The molecule has 2 aromatic heterocycles. The number of carboxylic acid groups (broad SMARTS) is 1. The standard InChI is InChI=1S/C21H18ClF3N2O5/c1-3-13-8-14-16(18(32-10-21(23,24)25)17(20(30)31)26(14)2)19(29)27(13)9-15(28)11-5-4-6-12(22)7-11/h4-8H,3,9-10H2,1-2H3,(H,30,31). The van der Waals surface area contributed by atoms with Crippen molar-refractivity contribution in [2.45, 2.75) is 26.1 Å². The van der Waals surface area contributed by atoms with Gasteiger partial charge in [-0.15, -0.1) is 0 Å². The molecule has 0 radical (unpaired) electrons. The number of aryl methyl sites for hydroxylation is 2.